The Morgan fingerprint density at radius 1 is 1.53 bits per heavy atom. The number of hydrogen-bond donors (Lipinski definition) is 1. The van der Waals surface area contributed by atoms with Crippen molar-refractivity contribution in [3.63, 3.8) is 0 Å². The lowest BCUT2D eigenvalue weighted by molar-refractivity contribution is -0.117. The Kier molecular flexibility index (Phi) is 2.12. The number of anilines is 1. The normalized spacial score (nSPS) is 29.9. The Morgan fingerprint density at radius 2 is 2.24 bits per heavy atom. The van der Waals surface area contributed by atoms with Crippen LogP contribution in [0.2, 0.25) is 0 Å². The average Bonchev–Trinajstić information content (AvgIpc) is 2.66. The molecule has 5 heteroatoms. The fourth-order valence-electron chi connectivity index (χ4n) is 2.45. The molecule has 0 fully saturated rings. The number of nitrogens with zero attached hydrogens (tertiary/aromatic N) is 2. The third-order valence-electron chi connectivity index (χ3n) is 3.09. The van der Waals surface area contributed by atoms with Crippen molar-refractivity contribution in [2.45, 2.75) is 24.9 Å². The maximum Gasteiger partial charge on any atom is 0.225 e. The van der Waals surface area contributed by atoms with Crippen LogP contribution in [0.5, 0.6) is 0 Å². The van der Waals surface area contributed by atoms with E-state index in [-0.39, 0.29) is 11.3 Å². The Labute approximate surface area is 103 Å². The summed E-state index contributed by atoms with van der Waals surface area (Å²) in [5.74, 6) is -0.0734. The molecule has 0 aromatic heterocycles. The quantitative estimate of drug-likeness (QED) is 0.760. The molecule has 88 valence electrons. The van der Waals surface area contributed by atoms with Crippen LogP contribution in [0.1, 0.15) is 19.4 Å². The number of carbonyl (C=O) groups excluding carboxylic acids is 1. The van der Waals surface area contributed by atoms with E-state index in [4.69, 9.17) is 0 Å². The van der Waals surface area contributed by atoms with Crippen molar-refractivity contribution in [3.8, 4) is 0 Å². The number of hydrogen-bond acceptors (Lipinski definition) is 4. The highest BCUT2D eigenvalue weighted by Gasteiger charge is 2.55. The van der Waals surface area contributed by atoms with Gasteiger partial charge in [0.1, 0.15) is 5.37 Å². The second kappa shape index (κ2) is 3.34. The smallest absolute Gasteiger partial charge is 0.225 e. The Bertz CT molecular complexity index is 543. The van der Waals surface area contributed by atoms with E-state index in [9.17, 15) is 9.90 Å². The van der Waals surface area contributed by atoms with E-state index in [0.717, 1.165) is 10.7 Å². The van der Waals surface area contributed by atoms with Crippen molar-refractivity contribution in [1.29, 1.82) is 0 Å². The van der Waals surface area contributed by atoms with Gasteiger partial charge in [-0.05, 0) is 13.0 Å². The van der Waals surface area contributed by atoms with Gasteiger partial charge in [0.25, 0.3) is 0 Å². The summed E-state index contributed by atoms with van der Waals surface area (Å²) < 4.78 is 0. The van der Waals surface area contributed by atoms with Gasteiger partial charge in [-0.3, -0.25) is 9.69 Å². The molecule has 0 bridgehead atoms. The van der Waals surface area contributed by atoms with Gasteiger partial charge in [0.2, 0.25) is 11.6 Å². The van der Waals surface area contributed by atoms with Gasteiger partial charge >= 0.3 is 0 Å². The Hall–Kier alpha value is -1.33. The second-order valence-electron chi connectivity index (χ2n) is 4.23. The first-order valence-electron chi connectivity index (χ1n) is 5.39. The van der Waals surface area contributed by atoms with E-state index in [1.807, 2.05) is 31.2 Å². The fraction of sp³-hybridized carbons (Fsp3) is 0.333. The Morgan fingerprint density at radius 3 is 2.94 bits per heavy atom. The average molecular weight is 248 g/mol. The SMILES string of the molecule is CC(=O)N1c2ccccc2[C@@]2(O)N=C(C)S[C@H]12. The van der Waals surface area contributed by atoms with Gasteiger partial charge in [-0.1, -0.05) is 30.0 Å². The number of benzene rings is 1. The predicted octanol–water partition coefficient (Wildman–Crippen LogP) is 1.69. The predicted molar refractivity (Wildman–Crippen MR) is 68.0 cm³/mol. The number of para-hydroxylation sites is 1. The number of aliphatic imine (C=N–C) groups is 1. The van der Waals surface area contributed by atoms with Gasteiger partial charge in [0.15, 0.2) is 0 Å². The summed E-state index contributed by atoms with van der Waals surface area (Å²) in [6, 6.07) is 7.39. The molecule has 0 aliphatic carbocycles. The van der Waals surface area contributed by atoms with Crippen LogP contribution in [-0.2, 0) is 10.5 Å². The van der Waals surface area contributed by atoms with Crippen LogP contribution in [-0.4, -0.2) is 21.4 Å². The Balaban J connectivity index is 2.24. The third kappa shape index (κ3) is 1.29. The van der Waals surface area contributed by atoms with Gasteiger partial charge in [-0.15, -0.1) is 0 Å². The van der Waals surface area contributed by atoms with Crippen molar-refractivity contribution < 1.29 is 9.90 Å². The first-order chi connectivity index (χ1) is 8.04. The van der Waals surface area contributed by atoms with Gasteiger partial charge in [0.05, 0.1) is 10.7 Å². The highest BCUT2D eigenvalue weighted by molar-refractivity contribution is 8.14. The van der Waals surface area contributed by atoms with E-state index >= 15 is 0 Å². The van der Waals surface area contributed by atoms with E-state index < -0.39 is 5.72 Å². The molecule has 2 atom stereocenters. The zero-order valence-electron chi connectivity index (χ0n) is 9.54. The lowest BCUT2D eigenvalue weighted by atomic mass is 10.1. The number of aliphatic hydroxyl groups is 1. The molecule has 4 nitrogen and oxygen atoms in total. The van der Waals surface area contributed by atoms with Crippen molar-refractivity contribution in [2.24, 2.45) is 4.99 Å². The molecule has 2 aliphatic heterocycles. The van der Waals surface area contributed by atoms with Crippen molar-refractivity contribution in [1.82, 2.24) is 0 Å². The van der Waals surface area contributed by atoms with Crippen LogP contribution in [0.3, 0.4) is 0 Å². The molecule has 0 unspecified atom stereocenters. The molecule has 2 aliphatic rings. The summed E-state index contributed by atoms with van der Waals surface area (Å²) in [6.07, 6.45) is 0. The van der Waals surface area contributed by atoms with Crippen LogP contribution in [0.25, 0.3) is 0 Å². The lowest BCUT2D eigenvalue weighted by Gasteiger charge is -2.24. The maximum atomic E-state index is 11.8. The summed E-state index contributed by atoms with van der Waals surface area (Å²) in [4.78, 5) is 17.7. The van der Waals surface area contributed by atoms with Crippen LogP contribution in [0, 0.1) is 0 Å². The summed E-state index contributed by atoms with van der Waals surface area (Å²) >= 11 is 1.43. The van der Waals surface area contributed by atoms with E-state index in [0.29, 0.717) is 5.56 Å². The number of rotatable bonds is 0. The summed E-state index contributed by atoms with van der Waals surface area (Å²) in [5.41, 5.74) is 0.192. The molecule has 1 aromatic rings. The van der Waals surface area contributed by atoms with Crippen molar-refractivity contribution >= 4 is 28.4 Å². The third-order valence-corrected chi connectivity index (χ3v) is 4.28. The molecule has 0 saturated carbocycles. The van der Waals surface area contributed by atoms with Crippen LogP contribution in [0.15, 0.2) is 29.3 Å². The molecule has 17 heavy (non-hydrogen) atoms. The van der Waals surface area contributed by atoms with Crippen LogP contribution in [0.4, 0.5) is 5.69 Å². The summed E-state index contributed by atoms with van der Waals surface area (Å²) in [5, 5.41) is 11.1. The highest BCUT2D eigenvalue weighted by Crippen LogP contribution is 2.52. The number of amides is 1. The minimum atomic E-state index is -1.28. The summed E-state index contributed by atoms with van der Waals surface area (Å²) in [6.45, 7) is 3.36. The molecule has 0 saturated heterocycles. The largest absolute Gasteiger partial charge is 0.363 e. The molecular formula is C12H12N2O2S. The molecule has 0 spiro atoms. The highest BCUT2D eigenvalue weighted by atomic mass is 32.2. The standard InChI is InChI=1S/C12H12N2O2S/c1-7-13-12(16)9-5-3-4-6-10(9)14(8(2)15)11(12)17-7/h3-6,11,16H,1-2H3/t11-,12-/m0/s1. The zero-order chi connectivity index (χ0) is 12.2. The zero-order valence-corrected chi connectivity index (χ0v) is 10.4. The van der Waals surface area contributed by atoms with E-state index in [2.05, 4.69) is 4.99 Å². The lowest BCUT2D eigenvalue weighted by Crippen LogP contribution is -2.41. The summed E-state index contributed by atoms with van der Waals surface area (Å²) in [7, 11) is 0. The van der Waals surface area contributed by atoms with Crippen molar-refractivity contribution in [2.75, 3.05) is 4.90 Å². The molecule has 1 amide bonds. The van der Waals surface area contributed by atoms with E-state index in [1.165, 1.54) is 18.7 Å². The fourth-order valence-corrected chi connectivity index (χ4v) is 3.67. The minimum Gasteiger partial charge on any atom is -0.363 e. The van der Waals surface area contributed by atoms with Crippen LogP contribution >= 0.6 is 11.8 Å². The minimum absolute atomic E-state index is 0.0734. The molecule has 2 heterocycles. The first-order valence-corrected chi connectivity index (χ1v) is 6.27. The van der Waals surface area contributed by atoms with Gasteiger partial charge in [-0.2, -0.15) is 0 Å². The maximum absolute atomic E-state index is 11.8. The van der Waals surface area contributed by atoms with Gasteiger partial charge in [0, 0.05) is 12.5 Å². The molecule has 1 aromatic carbocycles. The van der Waals surface area contributed by atoms with Gasteiger partial charge < -0.3 is 5.11 Å². The first kappa shape index (κ1) is 10.8. The number of thioether (sulfide) groups is 1. The van der Waals surface area contributed by atoms with E-state index in [1.54, 1.807) is 4.90 Å². The van der Waals surface area contributed by atoms with Crippen molar-refractivity contribution in [3.05, 3.63) is 29.8 Å². The monoisotopic (exact) mass is 248 g/mol. The molecular weight excluding hydrogens is 236 g/mol. The number of carbonyl (C=O) groups is 1. The number of fused-ring (bicyclic) bond motifs is 3. The topological polar surface area (TPSA) is 52.9 Å². The second-order valence-corrected chi connectivity index (χ2v) is 5.51. The molecule has 1 N–H and O–H groups in total. The molecule has 0 radical (unpaired) electrons. The van der Waals surface area contributed by atoms with Crippen LogP contribution < -0.4 is 4.90 Å². The molecule has 3 rings (SSSR count). The van der Waals surface area contributed by atoms with Gasteiger partial charge in [-0.25, -0.2) is 4.99 Å².